The van der Waals surface area contributed by atoms with Crippen LogP contribution in [0.3, 0.4) is 0 Å². The Bertz CT molecular complexity index is 576. The number of hydrogen-bond acceptors (Lipinski definition) is 3. The highest BCUT2D eigenvalue weighted by molar-refractivity contribution is 14.1. The first-order valence-corrected chi connectivity index (χ1v) is 8.42. The van der Waals surface area contributed by atoms with Gasteiger partial charge in [-0.15, -0.1) is 0 Å². The van der Waals surface area contributed by atoms with Crippen LogP contribution in [0.25, 0.3) is 0 Å². The van der Waals surface area contributed by atoms with Crippen molar-refractivity contribution in [3.63, 3.8) is 0 Å². The summed E-state index contributed by atoms with van der Waals surface area (Å²) in [5.74, 6) is -0.171. The molecule has 5 nitrogen and oxygen atoms in total. The van der Waals surface area contributed by atoms with Crippen LogP contribution in [0.2, 0.25) is 0 Å². The van der Waals surface area contributed by atoms with E-state index in [4.69, 9.17) is 9.84 Å². The van der Waals surface area contributed by atoms with E-state index in [2.05, 4.69) is 27.5 Å². The Kier molecular flexibility index (Phi) is 4.84. The fraction of sp³-hybridized carbons (Fsp3) is 0.533. The van der Waals surface area contributed by atoms with Gasteiger partial charge in [-0.2, -0.15) is 0 Å². The molecule has 7 heteroatoms. The maximum Gasteiger partial charge on any atom is 0.407 e. The van der Waals surface area contributed by atoms with Crippen LogP contribution in [-0.4, -0.2) is 60.3 Å². The smallest absolute Gasteiger partial charge is 0.407 e. The lowest BCUT2D eigenvalue weighted by Gasteiger charge is -2.36. The Morgan fingerprint density at radius 1 is 1.36 bits per heavy atom. The van der Waals surface area contributed by atoms with Crippen LogP contribution in [0.1, 0.15) is 17.2 Å². The summed E-state index contributed by atoms with van der Waals surface area (Å²) in [6.45, 7) is 3.79. The van der Waals surface area contributed by atoms with Crippen molar-refractivity contribution < 1.29 is 19.0 Å². The Morgan fingerprint density at radius 2 is 2.09 bits per heavy atom. The Labute approximate surface area is 142 Å². The molecule has 2 aliphatic heterocycles. The highest BCUT2D eigenvalue weighted by Crippen LogP contribution is 2.32. The van der Waals surface area contributed by atoms with Gasteiger partial charge in [0.2, 0.25) is 0 Å². The van der Waals surface area contributed by atoms with E-state index in [0.717, 1.165) is 24.1 Å². The molecule has 1 fully saturated rings. The molecule has 120 valence electrons. The standard InChI is InChI=1S/C15H18FIN2O3/c16-12-2-1-10-11(14(12)17)3-8-22-13(10)9-18-4-6-19(7-5-18)15(20)21/h1-2,13H,3-9H2,(H,20,21). The van der Waals surface area contributed by atoms with Crippen LogP contribution in [-0.2, 0) is 11.2 Å². The van der Waals surface area contributed by atoms with Gasteiger partial charge in [0, 0.05) is 32.7 Å². The molecule has 2 heterocycles. The van der Waals surface area contributed by atoms with Crippen molar-refractivity contribution in [2.45, 2.75) is 12.5 Å². The minimum atomic E-state index is -0.857. The molecule has 2 aliphatic rings. The van der Waals surface area contributed by atoms with Crippen LogP contribution in [0, 0.1) is 9.39 Å². The zero-order valence-corrected chi connectivity index (χ0v) is 14.3. The van der Waals surface area contributed by atoms with Crippen molar-refractivity contribution in [2.75, 3.05) is 39.3 Å². The summed E-state index contributed by atoms with van der Waals surface area (Å²) in [6.07, 6.45) is -0.174. The Hall–Kier alpha value is -0.930. The molecule has 1 aromatic rings. The Morgan fingerprint density at radius 3 is 2.77 bits per heavy atom. The number of hydrogen-bond donors (Lipinski definition) is 1. The average molecular weight is 420 g/mol. The van der Waals surface area contributed by atoms with Crippen LogP contribution < -0.4 is 0 Å². The minimum absolute atomic E-state index is 0.0609. The molecule has 0 radical (unpaired) electrons. The number of halogens is 2. The van der Waals surface area contributed by atoms with Crippen molar-refractivity contribution in [3.05, 3.63) is 32.6 Å². The zero-order valence-electron chi connectivity index (χ0n) is 12.1. The minimum Gasteiger partial charge on any atom is -0.465 e. The lowest BCUT2D eigenvalue weighted by molar-refractivity contribution is 0.00549. The number of piperazine rings is 1. The van der Waals surface area contributed by atoms with Gasteiger partial charge in [0.1, 0.15) is 5.82 Å². The summed E-state index contributed by atoms with van der Waals surface area (Å²) < 4.78 is 20.3. The first-order valence-electron chi connectivity index (χ1n) is 7.35. The fourth-order valence-electron chi connectivity index (χ4n) is 3.06. The van der Waals surface area contributed by atoms with E-state index in [-0.39, 0.29) is 11.9 Å². The number of ether oxygens (including phenoxy) is 1. The zero-order chi connectivity index (χ0) is 15.7. The molecular formula is C15H18FIN2O3. The van der Waals surface area contributed by atoms with Gasteiger partial charge in [0.05, 0.1) is 16.3 Å². The number of carbonyl (C=O) groups is 1. The first-order chi connectivity index (χ1) is 10.6. The second-order valence-electron chi connectivity index (χ2n) is 5.61. The number of fused-ring (bicyclic) bond motifs is 1. The monoisotopic (exact) mass is 420 g/mol. The molecule has 22 heavy (non-hydrogen) atoms. The van der Waals surface area contributed by atoms with Gasteiger partial charge in [-0.25, -0.2) is 9.18 Å². The van der Waals surface area contributed by atoms with Gasteiger partial charge in [-0.1, -0.05) is 6.07 Å². The molecule has 3 rings (SSSR count). The van der Waals surface area contributed by atoms with Crippen molar-refractivity contribution in [1.82, 2.24) is 9.80 Å². The number of carboxylic acid groups (broad SMARTS) is 1. The molecule has 0 bridgehead atoms. The number of nitrogens with zero attached hydrogens (tertiary/aromatic N) is 2. The van der Waals surface area contributed by atoms with Crippen molar-refractivity contribution in [2.24, 2.45) is 0 Å². The van der Waals surface area contributed by atoms with E-state index < -0.39 is 6.09 Å². The summed E-state index contributed by atoms with van der Waals surface area (Å²) in [7, 11) is 0. The van der Waals surface area contributed by atoms with Crippen LogP contribution in [0.15, 0.2) is 12.1 Å². The molecule has 1 aromatic carbocycles. The second kappa shape index (κ2) is 6.67. The second-order valence-corrected chi connectivity index (χ2v) is 6.69. The van der Waals surface area contributed by atoms with Crippen molar-refractivity contribution in [3.8, 4) is 0 Å². The van der Waals surface area contributed by atoms with Crippen LogP contribution in [0.4, 0.5) is 9.18 Å². The maximum atomic E-state index is 13.7. The molecule has 1 unspecified atom stereocenters. The summed E-state index contributed by atoms with van der Waals surface area (Å²) >= 11 is 2.06. The largest absolute Gasteiger partial charge is 0.465 e. The summed E-state index contributed by atoms with van der Waals surface area (Å²) in [5, 5.41) is 8.98. The number of rotatable bonds is 2. The summed E-state index contributed by atoms with van der Waals surface area (Å²) in [4.78, 5) is 14.6. The highest BCUT2D eigenvalue weighted by atomic mass is 127. The molecule has 1 saturated heterocycles. The summed E-state index contributed by atoms with van der Waals surface area (Å²) in [5.41, 5.74) is 2.12. The van der Waals surface area contributed by atoms with E-state index in [1.54, 1.807) is 0 Å². The van der Waals surface area contributed by atoms with E-state index in [0.29, 0.717) is 36.4 Å². The van der Waals surface area contributed by atoms with Gasteiger partial charge < -0.3 is 14.7 Å². The van der Waals surface area contributed by atoms with Crippen LogP contribution in [0.5, 0.6) is 0 Å². The average Bonchev–Trinajstić information content (AvgIpc) is 2.52. The predicted molar refractivity (Wildman–Crippen MR) is 87.6 cm³/mol. The highest BCUT2D eigenvalue weighted by Gasteiger charge is 2.28. The predicted octanol–water partition coefficient (Wildman–Crippen LogP) is 2.34. The molecule has 1 amide bonds. The van der Waals surface area contributed by atoms with Gasteiger partial charge in [0.15, 0.2) is 0 Å². The molecule has 0 aliphatic carbocycles. The maximum absolute atomic E-state index is 13.7. The van der Waals surface area contributed by atoms with E-state index in [1.165, 1.54) is 11.0 Å². The molecule has 0 saturated carbocycles. The van der Waals surface area contributed by atoms with E-state index in [1.807, 2.05) is 6.07 Å². The molecule has 0 aromatic heterocycles. The molecule has 0 spiro atoms. The van der Waals surface area contributed by atoms with Gasteiger partial charge >= 0.3 is 6.09 Å². The lowest BCUT2D eigenvalue weighted by atomic mass is 9.97. The number of amides is 1. The topological polar surface area (TPSA) is 53.0 Å². The van der Waals surface area contributed by atoms with Gasteiger partial charge in [-0.05, 0) is 46.2 Å². The molecule has 1 N–H and O–H groups in total. The lowest BCUT2D eigenvalue weighted by Crippen LogP contribution is -2.49. The van der Waals surface area contributed by atoms with E-state index in [9.17, 15) is 9.18 Å². The quantitative estimate of drug-likeness (QED) is 0.747. The van der Waals surface area contributed by atoms with Gasteiger partial charge in [0.25, 0.3) is 0 Å². The first kappa shape index (κ1) is 15.9. The van der Waals surface area contributed by atoms with E-state index >= 15 is 0 Å². The summed E-state index contributed by atoms with van der Waals surface area (Å²) in [6, 6.07) is 3.33. The number of benzene rings is 1. The third-order valence-corrected chi connectivity index (χ3v) is 5.48. The van der Waals surface area contributed by atoms with Gasteiger partial charge in [-0.3, -0.25) is 4.90 Å². The molecular weight excluding hydrogens is 402 g/mol. The normalized spacial score (nSPS) is 22.5. The van der Waals surface area contributed by atoms with Crippen LogP contribution >= 0.6 is 22.6 Å². The third kappa shape index (κ3) is 3.21. The van der Waals surface area contributed by atoms with Crippen molar-refractivity contribution in [1.29, 1.82) is 0 Å². The Balaban J connectivity index is 1.68. The van der Waals surface area contributed by atoms with Crippen molar-refractivity contribution >= 4 is 28.7 Å². The SMILES string of the molecule is O=C(O)N1CCN(CC2OCCc3c2ccc(F)c3I)CC1. The molecule has 1 atom stereocenters. The fourth-order valence-corrected chi connectivity index (χ4v) is 3.82. The third-order valence-electron chi connectivity index (χ3n) is 4.32.